The first-order valence-corrected chi connectivity index (χ1v) is 9.54. The minimum atomic E-state index is -0.434. The van der Waals surface area contributed by atoms with Crippen molar-refractivity contribution < 1.29 is 14.3 Å². The normalized spacial score (nSPS) is 14.6. The van der Waals surface area contributed by atoms with E-state index in [0.717, 1.165) is 41.3 Å². The number of carbonyl (C=O) groups is 2. The molecule has 1 aromatic carbocycles. The van der Waals surface area contributed by atoms with Gasteiger partial charge in [0, 0.05) is 21.3 Å². The van der Waals surface area contributed by atoms with Crippen LogP contribution in [-0.2, 0) is 9.53 Å². The van der Waals surface area contributed by atoms with E-state index in [-0.39, 0.29) is 11.8 Å². The van der Waals surface area contributed by atoms with Gasteiger partial charge in [0.25, 0.3) is 0 Å². The lowest BCUT2D eigenvalue weighted by atomic mass is 10.0. The minimum Gasteiger partial charge on any atom is -0.465 e. The zero-order valence-corrected chi connectivity index (χ0v) is 15.7. The van der Waals surface area contributed by atoms with Crippen LogP contribution in [0.3, 0.4) is 0 Å². The largest absolute Gasteiger partial charge is 0.465 e. The molecule has 1 aliphatic rings. The summed E-state index contributed by atoms with van der Waals surface area (Å²) in [5.41, 5.74) is 2.12. The summed E-state index contributed by atoms with van der Waals surface area (Å²) in [4.78, 5) is 24.7. The van der Waals surface area contributed by atoms with Crippen LogP contribution in [-0.4, -0.2) is 19.0 Å². The Morgan fingerprint density at radius 1 is 1.21 bits per heavy atom. The van der Waals surface area contributed by atoms with Crippen molar-refractivity contribution in [3.63, 3.8) is 0 Å². The van der Waals surface area contributed by atoms with Crippen molar-refractivity contribution in [3.8, 4) is 11.1 Å². The molecule has 1 aliphatic carbocycles. The molecule has 1 N–H and O–H groups in total. The van der Waals surface area contributed by atoms with Gasteiger partial charge in [-0.1, -0.05) is 40.9 Å². The van der Waals surface area contributed by atoms with E-state index in [9.17, 15) is 9.59 Å². The summed E-state index contributed by atoms with van der Waals surface area (Å²) in [6, 6.07) is 7.71. The molecule has 2 aromatic rings. The molecule has 0 bridgehead atoms. The van der Waals surface area contributed by atoms with Crippen LogP contribution in [0.25, 0.3) is 11.1 Å². The molecule has 24 heavy (non-hydrogen) atoms. The lowest BCUT2D eigenvalue weighted by molar-refractivity contribution is -0.119. The molecule has 0 aliphatic heterocycles. The Labute approximate surface area is 153 Å². The number of anilines is 1. The predicted molar refractivity (Wildman–Crippen MR) is 99.4 cm³/mol. The van der Waals surface area contributed by atoms with Gasteiger partial charge in [-0.15, -0.1) is 11.3 Å². The third-order valence-corrected chi connectivity index (χ3v) is 5.72. The fourth-order valence-corrected chi connectivity index (χ4v) is 4.22. The molecular weight excluding hydrogens is 390 g/mol. The van der Waals surface area contributed by atoms with Crippen LogP contribution in [0.1, 0.15) is 36.0 Å². The topological polar surface area (TPSA) is 55.4 Å². The predicted octanol–water partition coefficient (Wildman–Crippen LogP) is 5.09. The van der Waals surface area contributed by atoms with Gasteiger partial charge >= 0.3 is 5.97 Å². The lowest BCUT2D eigenvalue weighted by Crippen LogP contribution is -2.21. The summed E-state index contributed by atoms with van der Waals surface area (Å²) in [5.74, 6) is -0.383. The zero-order chi connectivity index (χ0) is 17.1. The second-order valence-electron chi connectivity index (χ2n) is 5.82. The van der Waals surface area contributed by atoms with Crippen molar-refractivity contribution in [2.24, 2.45) is 5.92 Å². The number of nitrogens with one attached hydrogen (secondary N) is 1. The molecule has 1 saturated carbocycles. The van der Waals surface area contributed by atoms with Crippen molar-refractivity contribution in [3.05, 3.63) is 39.7 Å². The Balaban J connectivity index is 1.93. The first kappa shape index (κ1) is 17.2. The Morgan fingerprint density at radius 3 is 2.50 bits per heavy atom. The van der Waals surface area contributed by atoms with Crippen LogP contribution in [0, 0.1) is 5.92 Å². The number of hydrogen-bond donors (Lipinski definition) is 1. The Bertz CT molecular complexity index is 748. The van der Waals surface area contributed by atoms with Gasteiger partial charge in [0.15, 0.2) is 0 Å². The van der Waals surface area contributed by atoms with Crippen molar-refractivity contribution >= 4 is 44.1 Å². The van der Waals surface area contributed by atoms with E-state index in [0.29, 0.717) is 10.6 Å². The van der Waals surface area contributed by atoms with Crippen molar-refractivity contribution in [2.75, 3.05) is 12.4 Å². The second kappa shape index (κ2) is 7.49. The summed E-state index contributed by atoms with van der Waals surface area (Å²) < 4.78 is 5.90. The quantitative estimate of drug-likeness (QED) is 0.717. The number of amides is 1. The SMILES string of the molecule is COC(=O)c1c(-c2ccc(Br)cc2)csc1NC(=O)C1CCCC1. The highest BCUT2D eigenvalue weighted by atomic mass is 79.9. The van der Waals surface area contributed by atoms with Gasteiger partial charge < -0.3 is 10.1 Å². The third kappa shape index (κ3) is 3.54. The number of esters is 1. The average Bonchev–Trinajstić information content (AvgIpc) is 3.24. The maximum Gasteiger partial charge on any atom is 0.341 e. The molecule has 3 rings (SSSR count). The van der Waals surface area contributed by atoms with Crippen LogP contribution in [0.4, 0.5) is 5.00 Å². The van der Waals surface area contributed by atoms with E-state index in [1.165, 1.54) is 18.4 Å². The zero-order valence-electron chi connectivity index (χ0n) is 13.3. The second-order valence-corrected chi connectivity index (χ2v) is 7.62. The Hall–Kier alpha value is -1.66. The molecule has 1 fully saturated rings. The number of ether oxygens (including phenoxy) is 1. The van der Waals surface area contributed by atoms with Gasteiger partial charge in [0.2, 0.25) is 5.91 Å². The fourth-order valence-electron chi connectivity index (χ4n) is 3.00. The lowest BCUT2D eigenvalue weighted by Gasteiger charge is -2.11. The van der Waals surface area contributed by atoms with Gasteiger partial charge in [0.05, 0.1) is 7.11 Å². The number of rotatable bonds is 4. The smallest absolute Gasteiger partial charge is 0.341 e. The number of halogens is 1. The van der Waals surface area contributed by atoms with Crippen molar-refractivity contribution in [2.45, 2.75) is 25.7 Å². The molecule has 0 atom stereocenters. The summed E-state index contributed by atoms with van der Waals surface area (Å²) >= 11 is 4.77. The minimum absolute atomic E-state index is 0.00172. The van der Waals surface area contributed by atoms with Crippen LogP contribution in [0.2, 0.25) is 0 Å². The number of thiophene rings is 1. The van der Waals surface area contributed by atoms with Crippen LogP contribution in [0.15, 0.2) is 34.1 Å². The van der Waals surface area contributed by atoms with E-state index < -0.39 is 5.97 Å². The monoisotopic (exact) mass is 407 g/mol. The molecule has 1 heterocycles. The Morgan fingerprint density at radius 2 is 1.88 bits per heavy atom. The van der Waals surface area contributed by atoms with Crippen LogP contribution in [0.5, 0.6) is 0 Å². The Kier molecular flexibility index (Phi) is 5.36. The molecule has 6 heteroatoms. The summed E-state index contributed by atoms with van der Waals surface area (Å²) in [6.07, 6.45) is 4.03. The summed E-state index contributed by atoms with van der Waals surface area (Å²) in [5, 5.41) is 5.39. The fraction of sp³-hybridized carbons (Fsp3) is 0.333. The molecule has 0 radical (unpaired) electrons. The molecule has 4 nitrogen and oxygen atoms in total. The average molecular weight is 408 g/mol. The molecule has 1 aromatic heterocycles. The molecule has 0 unspecified atom stereocenters. The molecule has 126 valence electrons. The highest BCUT2D eigenvalue weighted by Crippen LogP contribution is 2.37. The number of benzene rings is 1. The molecule has 0 spiro atoms. The van der Waals surface area contributed by atoms with Gasteiger partial charge in [-0.3, -0.25) is 4.79 Å². The first-order valence-electron chi connectivity index (χ1n) is 7.86. The summed E-state index contributed by atoms with van der Waals surface area (Å²) in [7, 11) is 1.36. The van der Waals surface area contributed by atoms with Gasteiger partial charge in [-0.25, -0.2) is 4.79 Å². The first-order chi connectivity index (χ1) is 11.6. The van der Waals surface area contributed by atoms with E-state index >= 15 is 0 Å². The number of methoxy groups -OCH3 is 1. The van der Waals surface area contributed by atoms with Crippen LogP contribution < -0.4 is 5.32 Å². The van der Waals surface area contributed by atoms with E-state index in [1.807, 2.05) is 29.6 Å². The highest BCUT2D eigenvalue weighted by Gasteiger charge is 2.26. The number of carbonyl (C=O) groups excluding carboxylic acids is 2. The van der Waals surface area contributed by atoms with E-state index in [1.54, 1.807) is 0 Å². The highest BCUT2D eigenvalue weighted by molar-refractivity contribution is 9.10. The summed E-state index contributed by atoms with van der Waals surface area (Å²) in [6.45, 7) is 0. The number of hydrogen-bond acceptors (Lipinski definition) is 4. The van der Waals surface area contributed by atoms with E-state index in [2.05, 4.69) is 21.2 Å². The van der Waals surface area contributed by atoms with Crippen molar-refractivity contribution in [1.29, 1.82) is 0 Å². The molecule has 1 amide bonds. The maximum atomic E-state index is 12.4. The third-order valence-electron chi connectivity index (χ3n) is 4.30. The standard InChI is InChI=1S/C18H18BrNO3S/c1-23-18(22)15-14(11-6-8-13(19)9-7-11)10-24-17(15)20-16(21)12-4-2-3-5-12/h6-10,12H,2-5H2,1H3,(H,20,21). The van der Waals surface area contributed by atoms with Gasteiger partial charge in [-0.05, 0) is 30.5 Å². The van der Waals surface area contributed by atoms with Gasteiger partial charge in [0.1, 0.15) is 10.6 Å². The van der Waals surface area contributed by atoms with Crippen molar-refractivity contribution in [1.82, 2.24) is 0 Å². The maximum absolute atomic E-state index is 12.4. The molecule has 0 saturated heterocycles. The van der Waals surface area contributed by atoms with Gasteiger partial charge in [-0.2, -0.15) is 0 Å². The van der Waals surface area contributed by atoms with E-state index in [4.69, 9.17) is 4.74 Å². The molecular formula is C18H18BrNO3S. The van der Waals surface area contributed by atoms with Crippen LogP contribution >= 0.6 is 27.3 Å².